The smallest absolute Gasteiger partial charge is 0.462 e. The van der Waals surface area contributed by atoms with E-state index in [1.54, 1.807) is 0 Å². The molecule has 0 fully saturated rings. The minimum Gasteiger partial charge on any atom is -0.462 e. The van der Waals surface area contributed by atoms with Crippen LogP contribution in [0.3, 0.4) is 0 Å². The first kappa shape index (κ1) is 94.1. The van der Waals surface area contributed by atoms with Crippen LogP contribution in [0.4, 0.5) is 0 Å². The fraction of sp³-hybridized carbons (Fsp3) is 0.948. The third-order valence-corrected chi connectivity index (χ3v) is 19.7. The van der Waals surface area contributed by atoms with Crippen molar-refractivity contribution in [3.8, 4) is 0 Å². The van der Waals surface area contributed by atoms with Crippen molar-refractivity contribution in [2.24, 2.45) is 23.7 Å². The van der Waals surface area contributed by atoms with Crippen LogP contribution >= 0.6 is 15.6 Å². The largest absolute Gasteiger partial charge is 0.472 e. The molecule has 19 heteroatoms. The molecular weight excluding hydrogens is 1260 g/mol. The van der Waals surface area contributed by atoms with Gasteiger partial charge in [0.2, 0.25) is 0 Å². The number of unbranched alkanes of at least 4 members (excludes halogenated alkanes) is 40. The molecule has 17 nitrogen and oxygen atoms in total. The summed E-state index contributed by atoms with van der Waals surface area (Å²) in [6.07, 6.45) is 51.3. The summed E-state index contributed by atoms with van der Waals surface area (Å²) in [6.45, 7) is 14.2. The molecular formula is C77H150O17P2. The summed E-state index contributed by atoms with van der Waals surface area (Å²) in [5.41, 5.74) is 0. The van der Waals surface area contributed by atoms with Gasteiger partial charge in [-0.25, -0.2) is 9.13 Å². The summed E-state index contributed by atoms with van der Waals surface area (Å²) in [7, 11) is -9.92. The molecule has 0 heterocycles. The number of hydrogen-bond acceptors (Lipinski definition) is 15. The predicted molar refractivity (Wildman–Crippen MR) is 391 cm³/mol. The van der Waals surface area contributed by atoms with Crippen molar-refractivity contribution in [1.82, 2.24) is 0 Å². The molecule has 0 amide bonds. The van der Waals surface area contributed by atoms with Gasteiger partial charge in [0.25, 0.3) is 0 Å². The molecule has 0 bridgehead atoms. The molecule has 0 aliphatic carbocycles. The fourth-order valence-corrected chi connectivity index (χ4v) is 13.3. The molecule has 0 aliphatic heterocycles. The van der Waals surface area contributed by atoms with Crippen LogP contribution in [0.1, 0.15) is 389 Å². The van der Waals surface area contributed by atoms with Crippen LogP contribution in [0.15, 0.2) is 0 Å². The number of carbonyl (C=O) groups excluding carboxylic acids is 4. The lowest BCUT2D eigenvalue weighted by Gasteiger charge is -2.21. The van der Waals surface area contributed by atoms with Gasteiger partial charge in [-0.15, -0.1) is 0 Å². The zero-order chi connectivity index (χ0) is 71.0. The molecule has 5 atom stereocenters. The lowest BCUT2D eigenvalue weighted by molar-refractivity contribution is -0.161. The Labute approximate surface area is 588 Å². The predicted octanol–water partition coefficient (Wildman–Crippen LogP) is 22.4. The molecule has 0 radical (unpaired) electrons. The number of phosphoric acid groups is 2. The van der Waals surface area contributed by atoms with E-state index >= 15 is 0 Å². The number of rotatable bonds is 74. The number of ether oxygens (including phenoxy) is 4. The third-order valence-electron chi connectivity index (χ3n) is 17.8. The van der Waals surface area contributed by atoms with Crippen LogP contribution in [-0.4, -0.2) is 96.7 Å². The van der Waals surface area contributed by atoms with Crippen LogP contribution in [-0.2, 0) is 65.4 Å². The van der Waals surface area contributed by atoms with Gasteiger partial charge in [-0.2, -0.15) is 0 Å². The van der Waals surface area contributed by atoms with Crippen LogP contribution < -0.4 is 0 Å². The Balaban J connectivity index is 5.27. The SMILES string of the molecule is CC(C)CCCCCCCCCCCCCCCCC(=O)O[C@H](COC(=O)CCCCCCCCCCCCCC(C)C)COP(=O)(O)OC[C@@H](O)COP(=O)(O)OC[C@@H](COC(=O)CCCCCCCCCCCC(C)C)OC(=O)CCCCCCCCCCCCC(C)C. The molecule has 0 saturated carbocycles. The van der Waals surface area contributed by atoms with Crippen LogP contribution in [0, 0.1) is 23.7 Å². The molecule has 0 aliphatic rings. The highest BCUT2D eigenvalue weighted by molar-refractivity contribution is 7.47. The molecule has 96 heavy (non-hydrogen) atoms. The Morgan fingerprint density at radius 1 is 0.260 bits per heavy atom. The summed E-state index contributed by atoms with van der Waals surface area (Å²) in [5, 5.41) is 10.6. The van der Waals surface area contributed by atoms with E-state index in [9.17, 15) is 43.2 Å². The lowest BCUT2D eigenvalue weighted by Crippen LogP contribution is -2.30. The zero-order valence-electron chi connectivity index (χ0n) is 63.0. The summed E-state index contributed by atoms with van der Waals surface area (Å²) in [5.74, 6) is 0.943. The second-order valence-corrected chi connectivity index (χ2v) is 32.6. The summed E-state index contributed by atoms with van der Waals surface area (Å²) < 4.78 is 68.6. The van der Waals surface area contributed by atoms with Crippen molar-refractivity contribution in [2.45, 2.75) is 408 Å². The maximum atomic E-state index is 13.1. The first-order valence-electron chi connectivity index (χ1n) is 39.7. The first-order chi connectivity index (χ1) is 46.1. The maximum absolute atomic E-state index is 13.1. The third kappa shape index (κ3) is 70.5. The van der Waals surface area contributed by atoms with E-state index in [4.69, 9.17) is 37.0 Å². The molecule has 0 aromatic heterocycles. The average molecular weight is 1410 g/mol. The van der Waals surface area contributed by atoms with Crippen LogP contribution in [0.2, 0.25) is 0 Å². The van der Waals surface area contributed by atoms with Crippen molar-refractivity contribution < 1.29 is 80.2 Å². The number of hydrogen-bond donors (Lipinski definition) is 3. The maximum Gasteiger partial charge on any atom is 0.472 e. The molecule has 0 spiro atoms. The van der Waals surface area contributed by atoms with Gasteiger partial charge < -0.3 is 33.8 Å². The van der Waals surface area contributed by atoms with E-state index in [0.717, 1.165) is 114 Å². The Hall–Kier alpha value is -1.94. The van der Waals surface area contributed by atoms with Gasteiger partial charge in [0.05, 0.1) is 26.4 Å². The summed E-state index contributed by atoms with van der Waals surface area (Å²) in [4.78, 5) is 72.9. The van der Waals surface area contributed by atoms with Gasteiger partial charge in [-0.05, 0) is 49.4 Å². The molecule has 0 aromatic rings. The van der Waals surface area contributed by atoms with E-state index in [1.165, 1.54) is 193 Å². The molecule has 570 valence electrons. The number of carbonyl (C=O) groups is 4. The van der Waals surface area contributed by atoms with E-state index in [1.807, 2.05) is 0 Å². The highest BCUT2D eigenvalue weighted by Crippen LogP contribution is 2.45. The van der Waals surface area contributed by atoms with E-state index in [2.05, 4.69) is 55.4 Å². The minimum absolute atomic E-state index is 0.105. The Kier molecular flexibility index (Phi) is 65.0. The van der Waals surface area contributed by atoms with Crippen molar-refractivity contribution in [2.75, 3.05) is 39.6 Å². The van der Waals surface area contributed by atoms with E-state index < -0.39 is 97.5 Å². The quantitative estimate of drug-likeness (QED) is 0.0222. The summed E-state index contributed by atoms with van der Waals surface area (Å²) in [6, 6.07) is 0. The topological polar surface area (TPSA) is 237 Å². The molecule has 3 N–H and O–H groups in total. The van der Waals surface area contributed by atoms with Crippen molar-refractivity contribution in [1.29, 1.82) is 0 Å². The number of esters is 4. The number of phosphoric ester groups is 2. The van der Waals surface area contributed by atoms with Gasteiger partial charge in [-0.3, -0.25) is 37.3 Å². The molecule has 0 aromatic carbocycles. The number of aliphatic hydroxyl groups excluding tert-OH is 1. The highest BCUT2D eigenvalue weighted by Gasteiger charge is 2.30. The van der Waals surface area contributed by atoms with Gasteiger partial charge in [0, 0.05) is 25.7 Å². The Bertz CT molecular complexity index is 1880. The van der Waals surface area contributed by atoms with Gasteiger partial charge >= 0.3 is 39.5 Å². The van der Waals surface area contributed by atoms with E-state index in [0.29, 0.717) is 25.7 Å². The first-order valence-corrected chi connectivity index (χ1v) is 42.7. The number of aliphatic hydroxyl groups is 1. The molecule has 2 unspecified atom stereocenters. The van der Waals surface area contributed by atoms with Crippen LogP contribution in [0.5, 0.6) is 0 Å². The van der Waals surface area contributed by atoms with Crippen molar-refractivity contribution >= 4 is 39.5 Å². The monoisotopic (exact) mass is 1410 g/mol. The van der Waals surface area contributed by atoms with Gasteiger partial charge in [-0.1, -0.05) is 338 Å². The second kappa shape index (κ2) is 66.3. The zero-order valence-corrected chi connectivity index (χ0v) is 64.8. The standard InChI is InChI=1S/C77H150O17P2/c1-67(2)53-45-37-29-21-14-11-9-10-12-16-26-35-43-51-59-76(81)93-72(63-87-74(79)57-49-41-33-25-17-13-15-22-30-38-46-54-68(3)4)65-91-95(83,84)89-61-71(78)62-90-96(85,86)92-66-73(64-88-75(80)58-50-42-34-28-20-24-32-40-48-56-70(7)8)94-77(82)60-52-44-36-27-19-18-23-31-39-47-55-69(5)6/h67-73,78H,9-66H2,1-8H3,(H,83,84)(H,85,86)/t71-,72-,73-/m1/s1. The van der Waals surface area contributed by atoms with Gasteiger partial charge in [0.15, 0.2) is 12.2 Å². The average Bonchev–Trinajstić information content (AvgIpc) is 1.13. The van der Waals surface area contributed by atoms with Crippen molar-refractivity contribution in [3.05, 3.63) is 0 Å². The fourth-order valence-electron chi connectivity index (χ4n) is 11.7. The summed E-state index contributed by atoms with van der Waals surface area (Å²) >= 11 is 0. The molecule has 0 rings (SSSR count). The van der Waals surface area contributed by atoms with Gasteiger partial charge in [0.1, 0.15) is 19.3 Å². The van der Waals surface area contributed by atoms with E-state index in [-0.39, 0.29) is 25.7 Å². The second-order valence-electron chi connectivity index (χ2n) is 29.7. The van der Waals surface area contributed by atoms with Crippen molar-refractivity contribution in [3.63, 3.8) is 0 Å². The Morgan fingerprint density at radius 3 is 0.646 bits per heavy atom. The highest BCUT2D eigenvalue weighted by atomic mass is 31.2. The Morgan fingerprint density at radius 2 is 0.438 bits per heavy atom. The lowest BCUT2D eigenvalue weighted by atomic mass is 10.0. The normalized spacial score (nSPS) is 14.1. The minimum atomic E-state index is -4.96. The van der Waals surface area contributed by atoms with Crippen LogP contribution in [0.25, 0.3) is 0 Å². The molecule has 0 saturated heterocycles.